The van der Waals surface area contributed by atoms with E-state index in [-0.39, 0.29) is 12.0 Å². The number of hydrogen-bond donors (Lipinski definition) is 1. The third-order valence-corrected chi connectivity index (χ3v) is 1.88. The molecule has 0 fully saturated rings. The lowest BCUT2D eigenvalue weighted by atomic mass is 10.1. The van der Waals surface area contributed by atoms with Gasteiger partial charge in [-0.3, -0.25) is 0 Å². The van der Waals surface area contributed by atoms with E-state index >= 15 is 0 Å². The normalized spacial score (nSPS) is 14.6. The van der Waals surface area contributed by atoms with Crippen LogP contribution in [0.2, 0.25) is 0 Å². The van der Waals surface area contributed by atoms with Gasteiger partial charge in [-0.05, 0) is 32.7 Å². The first kappa shape index (κ1) is 14.7. The molecule has 92 valence electrons. The van der Waals surface area contributed by atoms with Crippen LogP contribution in [-0.2, 0) is 4.74 Å². The van der Waals surface area contributed by atoms with Crippen molar-refractivity contribution in [1.82, 2.24) is 5.32 Å². The Kier molecular flexibility index (Phi) is 6.92. The molecule has 0 spiro atoms. The third-order valence-electron chi connectivity index (χ3n) is 1.88. The highest BCUT2D eigenvalue weighted by atomic mass is 19.4. The van der Waals surface area contributed by atoms with Crippen LogP contribution in [0.1, 0.15) is 27.2 Å². The molecule has 0 aliphatic carbocycles. The average Bonchev–Trinajstić information content (AvgIpc) is 2.00. The molecule has 15 heavy (non-hydrogen) atoms. The molecule has 0 saturated heterocycles. The molecule has 0 radical (unpaired) electrons. The van der Waals surface area contributed by atoms with Crippen molar-refractivity contribution >= 4 is 0 Å². The maximum atomic E-state index is 11.8. The summed E-state index contributed by atoms with van der Waals surface area (Å²) in [5.41, 5.74) is 0. The monoisotopic (exact) mass is 227 g/mol. The molecule has 0 aromatic heterocycles. The Bertz CT molecular complexity index is 159. The molecule has 1 unspecified atom stereocenters. The van der Waals surface area contributed by atoms with Crippen LogP contribution in [0.3, 0.4) is 0 Å². The van der Waals surface area contributed by atoms with Gasteiger partial charge in [-0.25, -0.2) is 0 Å². The highest BCUT2D eigenvalue weighted by Crippen LogP contribution is 2.12. The van der Waals surface area contributed by atoms with Gasteiger partial charge in [-0.2, -0.15) is 13.2 Å². The van der Waals surface area contributed by atoms with Crippen molar-refractivity contribution in [3.63, 3.8) is 0 Å². The van der Waals surface area contributed by atoms with E-state index in [1.807, 2.05) is 20.8 Å². The standard InChI is InChI=1S/C10H20F3NO/c1-8(2)15-5-4-9(3)6-14-7-10(11,12)13/h8-9,14H,4-7H2,1-3H3. The topological polar surface area (TPSA) is 21.3 Å². The van der Waals surface area contributed by atoms with Gasteiger partial charge in [0.1, 0.15) is 0 Å². The van der Waals surface area contributed by atoms with E-state index in [1.54, 1.807) is 0 Å². The average molecular weight is 227 g/mol. The quantitative estimate of drug-likeness (QED) is 0.721. The largest absolute Gasteiger partial charge is 0.401 e. The second-order valence-corrected chi connectivity index (χ2v) is 4.06. The molecule has 0 heterocycles. The summed E-state index contributed by atoms with van der Waals surface area (Å²) in [5, 5.41) is 2.38. The molecule has 5 heteroatoms. The van der Waals surface area contributed by atoms with Gasteiger partial charge in [0.25, 0.3) is 0 Å². The van der Waals surface area contributed by atoms with E-state index in [0.717, 1.165) is 6.42 Å². The van der Waals surface area contributed by atoms with Crippen LogP contribution < -0.4 is 5.32 Å². The number of nitrogens with one attached hydrogen (secondary N) is 1. The van der Waals surface area contributed by atoms with Crippen LogP contribution in [0.5, 0.6) is 0 Å². The number of alkyl halides is 3. The summed E-state index contributed by atoms with van der Waals surface area (Å²) in [6.45, 7) is 5.85. The fraction of sp³-hybridized carbons (Fsp3) is 1.00. The van der Waals surface area contributed by atoms with Crippen molar-refractivity contribution in [2.24, 2.45) is 5.92 Å². The van der Waals surface area contributed by atoms with Crippen LogP contribution in [0, 0.1) is 5.92 Å². The van der Waals surface area contributed by atoms with Crippen molar-refractivity contribution < 1.29 is 17.9 Å². The number of ether oxygens (including phenoxy) is 1. The van der Waals surface area contributed by atoms with Crippen molar-refractivity contribution in [3.05, 3.63) is 0 Å². The second kappa shape index (κ2) is 7.06. The Morgan fingerprint density at radius 2 is 1.80 bits per heavy atom. The molecule has 0 bridgehead atoms. The molecule has 0 aromatic rings. The summed E-state index contributed by atoms with van der Waals surface area (Å²) in [6, 6.07) is 0. The predicted molar refractivity (Wildman–Crippen MR) is 53.8 cm³/mol. The summed E-state index contributed by atoms with van der Waals surface area (Å²) in [4.78, 5) is 0. The van der Waals surface area contributed by atoms with E-state index in [2.05, 4.69) is 5.32 Å². The van der Waals surface area contributed by atoms with Crippen molar-refractivity contribution in [1.29, 1.82) is 0 Å². The van der Waals surface area contributed by atoms with E-state index in [1.165, 1.54) is 0 Å². The SMILES string of the molecule is CC(CCOC(C)C)CNCC(F)(F)F. The molecular weight excluding hydrogens is 207 g/mol. The minimum Gasteiger partial charge on any atom is -0.379 e. The van der Waals surface area contributed by atoms with Crippen molar-refractivity contribution in [2.75, 3.05) is 19.7 Å². The maximum absolute atomic E-state index is 11.8. The number of rotatable bonds is 7. The van der Waals surface area contributed by atoms with Crippen LogP contribution >= 0.6 is 0 Å². The van der Waals surface area contributed by atoms with Crippen LogP contribution in [0.15, 0.2) is 0 Å². The van der Waals surface area contributed by atoms with Gasteiger partial charge in [-0.15, -0.1) is 0 Å². The molecule has 0 rings (SSSR count). The molecule has 0 aliphatic heterocycles. The molecule has 0 aromatic carbocycles. The predicted octanol–water partition coefficient (Wildman–Crippen LogP) is 2.59. The van der Waals surface area contributed by atoms with Gasteiger partial charge in [0, 0.05) is 6.61 Å². The van der Waals surface area contributed by atoms with Crippen LogP contribution in [0.4, 0.5) is 13.2 Å². The minimum absolute atomic E-state index is 0.181. The fourth-order valence-corrected chi connectivity index (χ4v) is 1.07. The zero-order valence-corrected chi connectivity index (χ0v) is 9.53. The summed E-state index contributed by atoms with van der Waals surface area (Å²) in [5.74, 6) is 0.200. The summed E-state index contributed by atoms with van der Waals surface area (Å²) < 4.78 is 40.6. The lowest BCUT2D eigenvalue weighted by molar-refractivity contribution is -0.125. The van der Waals surface area contributed by atoms with E-state index in [0.29, 0.717) is 13.2 Å². The van der Waals surface area contributed by atoms with Gasteiger partial charge in [0.15, 0.2) is 0 Å². The zero-order chi connectivity index (χ0) is 11.9. The highest BCUT2D eigenvalue weighted by molar-refractivity contribution is 4.60. The first-order valence-electron chi connectivity index (χ1n) is 5.20. The van der Waals surface area contributed by atoms with Crippen LogP contribution in [-0.4, -0.2) is 32.0 Å². The number of hydrogen-bond acceptors (Lipinski definition) is 2. The molecule has 2 nitrogen and oxygen atoms in total. The third kappa shape index (κ3) is 11.6. The molecular formula is C10H20F3NO. The Morgan fingerprint density at radius 3 is 2.27 bits per heavy atom. The molecule has 0 saturated carbocycles. The van der Waals surface area contributed by atoms with E-state index in [4.69, 9.17) is 4.74 Å². The fourth-order valence-electron chi connectivity index (χ4n) is 1.07. The maximum Gasteiger partial charge on any atom is 0.401 e. The summed E-state index contributed by atoms with van der Waals surface area (Å²) in [6.07, 6.45) is -3.16. The smallest absolute Gasteiger partial charge is 0.379 e. The summed E-state index contributed by atoms with van der Waals surface area (Å²) in [7, 11) is 0. The van der Waals surface area contributed by atoms with E-state index in [9.17, 15) is 13.2 Å². The number of halogens is 3. The molecule has 0 amide bonds. The van der Waals surface area contributed by atoms with Gasteiger partial charge in [-0.1, -0.05) is 6.92 Å². The van der Waals surface area contributed by atoms with Gasteiger partial charge in [0.05, 0.1) is 12.6 Å². The van der Waals surface area contributed by atoms with Gasteiger partial charge < -0.3 is 10.1 Å². The summed E-state index contributed by atoms with van der Waals surface area (Å²) >= 11 is 0. The first-order valence-corrected chi connectivity index (χ1v) is 5.20. The highest BCUT2D eigenvalue weighted by Gasteiger charge is 2.26. The Hall–Kier alpha value is -0.290. The Morgan fingerprint density at radius 1 is 1.20 bits per heavy atom. The minimum atomic E-state index is -4.12. The molecule has 1 atom stereocenters. The first-order chi connectivity index (χ1) is 6.81. The van der Waals surface area contributed by atoms with Gasteiger partial charge >= 0.3 is 6.18 Å². The molecule has 0 aliphatic rings. The van der Waals surface area contributed by atoms with Crippen molar-refractivity contribution in [2.45, 2.75) is 39.5 Å². The Balaban J connectivity index is 3.37. The van der Waals surface area contributed by atoms with Crippen molar-refractivity contribution in [3.8, 4) is 0 Å². The Labute approximate surface area is 89.2 Å². The van der Waals surface area contributed by atoms with Gasteiger partial charge in [0.2, 0.25) is 0 Å². The van der Waals surface area contributed by atoms with E-state index < -0.39 is 12.7 Å². The molecule has 1 N–H and O–H groups in total. The lowest BCUT2D eigenvalue weighted by Gasteiger charge is -2.14. The zero-order valence-electron chi connectivity index (χ0n) is 9.53. The lowest BCUT2D eigenvalue weighted by Crippen LogP contribution is -2.32. The second-order valence-electron chi connectivity index (χ2n) is 4.06. The van der Waals surface area contributed by atoms with Crippen LogP contribution in [0.25, 0.3) is 0 Å².